The Hall–Kier alpha value is -1.06. The molecule has 1 saturated carbocycles. The zero-order valence-corrected chi connectivity index (χ0v) is 11.0. The van der Waals surface area contributed by atoms with Crippen molar-refractivity contribution in [2.75, 3.05) is 6.54 Å². The predicted octanol–water partition coefficient (Wildman–Crippen LogP) is 2.28. The summed E-state index contributed by atoms with van der Waals surface area (Å²) in [5.74, 6) is -0.881. The summed E-state index contributed by atoms with van der Waals surface area (Å²) in [5, 5.41) is 9.65. The first kappa shape index (κ1) is 14.0. The van der Waals surface area contributed by atoms with E-state index in [0.29, 0.717) is 13.0 Å². The van der Waals surface area contributed by atoms with Crippen LogP contribution in [0.3, 0.4) is 0 Å². The number of carboxylic acid groups (broad SMARTS) is 1. The molecule has 0 radical (unpaired) electrons. The van der Waals surface area contributed by atoms with Gasteiger partial charge in [-0.05, 0) is 25.7 Å². The molecule has 0 spiro atoms. The molecule has 2 atom stereocenters. The van der Waals surface area contributed by atoms with Crippen LogP contribution in [0.5, 0.6) is 0 Å². The molecule has 1 aliphatic carbocycles. The molecule has 0 aromatic carbocycles. The number of amides is 1. The minimum Gasteiger partial charge on any atom is -0.479 e. The fourth-order valence-corrected chi connectivity index (χ4v) is 3.31. The third-order valence-corrected chi connectivity index (χ3v) is 4.08. The van der Waals surface area contributed by atoms with E-state index in [9.17, 15) is 14.7 Å². The molecule has 17 heavy (non-hydrogen) atoms. The van der Waals surface area contributed by atoms with Crippen molar-refractivity contribution in [2.24, 2.45) is 5.92 Å². The Morgan fingerprint density at radius 3 is 2.41 bits per heavy atom. The zero-order valence-electron chi connectivity index (χ0n) is 11.0. The van der Waals surface area contributed by atoms with E-state index in [1.165, 1.54) is 6.92 Å². The molecular formula is C13H23NO3. The molecule has 2 unspecified atom stereocenters. The lowest BCUT2D eigenvalue weighted by molar-refractivity contribution is -0.166. The number of likely N-dealkylation sites (N-methyl/N-ethyl adjacent to an activating group) is 1. The summed E-state index contributed by atoms with van der Waals surface area (Å²) in [6.45, 7) is 5.81. The highest BCUT2D eigenvalue weighted by atomic mass is 16.4. The maximum Gasteiger partial charge on any atom is 0.329 e. The second-order valence-corrected chi connectivity index (χ2v) is 4.84. The van der Waals surface area contributed by atoms with E-state index < -0.39 is 11.5 Å². The van der Waals surface area contributed by atoms with Gasteiger partial charge in [0.15, 0.2) is 0 Å². The summed E-state index contributed by atoms with van der Waals surface area (Å²) >= 11 is 0. The molecule has 0 bridgehead atoms. The second kappa shape index (κ2) is 5.52. The maximum atomic E-state index is 11.8. The van der Waals surface area contributed by atoms with Crippen molar-refractivity contribution in [1.29, 1.82) is 0 Å². The van der Waals surface area contributed by atoms with Crippen LogP contribution in [-0.2, 0) is 9.59 Å². The normalized spacial score (nSPS) is 28.8. The van der Waals surface area contributed by atoms with Gasteiger partial charge >= 0.3 is 5.97 Å². The molecule has 98 valence electrons. The molecule has 4 heteroatoms. The minimum absolute atomic E-state index is 0.0811. The van der Waals surface area contributed by atoms with E-state index in [0.717, 1.165) is 25.7 Å². The Labute approximate surface area is 103 Å². The lowest BCUT2D eigenvalue weighted by atomic mass is 9.70. The summed E-state index contributed by atoms with van der Waals surface area (Å²) in [4.78, 5) is 25.0. The van der Waals surface area contributed by atoms with E-state index in [-0.39, 0.29) is 11.8 Å². The molecule has 1 N–H and O–H groups in total. The molecule has 0 heterocycles. The van der Waals surface area contributed by atoms with Crippen molar-refractivity contribution in [1.82, 2.24) is 4.90 Å². The lowest BCUT2D eigenvalue weighted by Crippen LogP contribution is -2.62. The number of hydrogen-bond acceptors (Lipinski definition) is 2. The van der Waals surface area contributed by atoms with Gasteiger partial charge in [0.05, 0.1) is 0 Å². The quantitative estimate of drug-likeness (QED) is 0.821. The second-order valence-electron chi connectivity index (χ2n) is 4.84. The molecule has 0 aliphatic heterocycles. The number of carbonyl (C=O) groups excluding carboxylic acids is 1. The minimum atomic E-state index is -0.965. The summed E-state index contributed by atoms with van der Waals surface area (Å²) in [6, 6.07) is 0. The Morgan fingerprint density at radius 2 is 2.00 bits per heavy atom. The smallest absolute Gasteiger partial charge is 0.329 e. The van der Waals surface area contributed by atoms with Crippen molar-refractivity contribution < 1.29 is 14.7 Å². The largest absolute Gasteiger partial charge is 0.479 e. The first-order valence-corrected chi connectivity index (χ1v) is 6.52. The molecule has 0 aromatic rings. The van der Waals surface area contributed by atoms with Gasteiger partial charge in [-0.15, -0.1) is 0 Å². The molecule has 1 fully saturated rings. The fourth-order valence-electron chi connectivity index (χ4n) is 3.31. The van der Waals surface area contributed by atoms with Crippen molar-refractivity contribution in [3.63, 3.8) is 0 Å². The van der Waals surface area contributed by atoms with E-state index in [2.05, 4.69) is 0 Å². The Bertz CT molecular complexity index is 303. The number of carboxylic acids is 1. The van der Waals surface area contributed by atoms with Crippen LogP contribution in [-0.4, -0.2) is 34.0 Å². The molecular weight excluding hydrogens is 218 g/mol. The van der Waals surface area contributed by atoms with Crippen LogP contribution < -0.4 is 0 Å². The van der Waals surface area contributed by atoms with Crippen LogP contribution >= 0.6 is 0 Å². The summed E-state index contributed by atoms with van der Waals surface area (Å²) < 4.78 is 0. The van der Waals surface area contributed by atoms with Gasteiger partial charge in [0, 0.05) is 13.5 Å². The zero-order chi connectivity index (χ0) is 13.1. The van der Waals surface area contributed by atoms with E-state index in [4.69, 9.17) is 0 Å². The first-order valence-electron chi connectivity index (χ1n) is 6.52. The Kier molecular flexibility index (Phi) is 4.54. The molecule has 4 nitrogen and oxygen atoms in total. The van der Waals surface area contributed by atoms with Gasteiger partial charge < -0.3 is 10.0 Å². The number of carbonyl (C=O) groups is 2. The summed E-state index contributed by atoms with van der Waals surface area (Å²) in [5.41, 5.74) is -0.965. The van der Waals surface area contributed by atoms with Crippen molar-refractivity contribution in [2.45, 2.75) is 58.4 Å². The van der Waals surface area contributed by atoms with Crippen LogP contribution in [0.25, 0.3) is 0 Å². The number of hydrogen-bond donors (Lipinski definition) is 1. The van der Waals surface area contributed by atoms with Crippen molar-refractivity contribution in [3.8, 4) is 0 Å². The van der Waals surface area contributed by atoms with Crippen molar-refractivity contribution >= 4 is 11.9 Å². The fraction of sp³-hybridized carbons (Fsp3) is 0.846. The van der Waals surface area contributed by atoms with Crippen LogP contribution in [0.1, 0.15) is 52.9 Å². The topological polar surface area (TPSA) is 57.6 Å². The van der Waals surface area contributed by atoms with Gasteiger partial charge in [-0.2, -0.15) is 0 Å². The van der Waals surface area contributed by atoms with Gasteiger partial charge in [0.2, 0.25) is 5.91 Å². The van der Waals surface area contributed by atoms with E-state index >= 15 is 0 Å². The number of rotatable bonds is 4. The maximum absolute atomic E-state index is 11.8. The van der Waals surface area contributed by atoms with Crippen LogP contribution in [0.2, 0.25) is 0 Å². The first-order chi connectivity index (χ1) is 8.00. The standard InChI is InChI=1S/C13H23NO3/c1-4-11-8-6-7-9-13(11,12(16)17)14(5-2)10(3)15/h11H,4-9H2,1-3H3,(H,16,17). The molecule has 1 amide bonds. The molecule has 1 rings (SSSR count). The monoisotopic (exact) mass is 241 g/mol. The van der Waals surface area contributed by atoms with Crippen LogP contribution in [0, 0.1) is 5.92 Å². The third-order valence-electron chi connectivity index (χ3n) is 4.08. The lowest BCUT2D eigenvalue weighted by Gasteiger charge is -2.47. The third kappa shape index (κ3) is 2.31. The Balaban J connectivity index is 3.17. The van der Waals surface area contributed by atoms with Gasteiger partial charge in [0.25, 0.3) is 0 Å². The number of nitrogens with zero attached hydrogens (tertiary/aromatic N) is 1. The Morgan fingerprint density at radius 1 is 1.35 bits per heavy atom. The van der Waals surface area contributed by atoms with Gasteiger partial charge in [-0.3, -0.25) is 4.79 Å². The molecule has 0 saturated heterocycles. The van der Waals surface area contributed by atoms with E-state index in [1.807, 2.05) is 13.8 Å². The van der Waals surface area contributed by atoms with Gasteiger partial charge in [-0.1, -0.05) is 26.2 Å². The van der Waals surface area contributed by atoms with Crippen molar-refractivity contribution in [3.05, 3.63) is 0 Å². The molecule has 0 aromatic heterocycles. The van der Waals surface area contributed by atoms with Crippen LogP contribution in [0.15, 0.2) is 0 Å². The summed E-state index contributed by atoms with van der Waals surface area (Å²) in [6.07, 6.45) is 4.28. The summed E-state index contributed by atoms with van der Waals surface area (Å²) in [7, 11) is 0. The average Bonchev–Trinajstić information content (AvgIpc) is 2.29. The van der Waals surface area contributed by atoms with Gasteiger partial charge in [-0.25, -0.2) is 4.79 Å². The highest BCUT2D eigenvalue weighted by Gasteiger charge is 2.51. The highest BCUT2D eigenvalue weighted by molar-refractivity contribution is 5.86. The SMILES string of the molecule is CCC1CCCCC1(C(=O)O)N(CC)C(C)=O. The van der Waals surface area contributed by atoms with E-state index in [1.54, 1.807) is 4.90 Å². The predicted molar refractivity (Wildman–Crippen MR) is 65.7 cm³/mol. The van der Waals surface area contributed by atoms with Crippen LogP contribution in [0.4, 0.5) is 0 Å². The number of aliphatic carboxylic acids is 1. The van der Waals surface area contributed by atoms with Gasteiger partial charge in [0.1, 0.15) is 5.54 Å². The average molecular weight is 241 g/mol. The molecule has 1 aliphatic rings. The highest BCUT2D eigenvalue weighted by Crippen LogP contribution is 2.40.